The number of aryl methyl sites for hydroxylation is 1. The first kappa shape index (κ1) is 18.2. The Kier molecular flexibility index (Phi) is 6.82. The maximum Gasteiger partial charge on any atom is 0.223 e. The van der Waals surface area contributed by atoms with E-state index in [4.69, 9.17) is 9.26 Å². The summed E-state index contributed by atoms with van der Waals surface area (Å²) in [7, 11) is 1.90. The Morgan fingerprint density at radius 3 is 2.91 bits per heavy atom. The summed E-state index contributed by atoms with van der Waals surface area (Å²) in [5.41, 5.74) is 0. The van der Waals surface area contributed by atoms with E-state index in [1.54, 1.807) is 18.7 Å². The Morgan fingerprint density at radius 2 is 2.26 bits per heavy atom. The minimum absolute atomic E-state index is 0. The minimum Gasteiger partial charge on any atom is -0.376 e. The van der Waals surface area contributed by atoms with Crippen LogP contribution in [0.3, 0.4) is 0 Å². The fourth-order valence-electron chi connectivity index (χ4n) is 2.42. The molecule has 1 aliphatic rings. The first-order valence-electron chi connectivity index (χ1n) is 7.36. The van der Waals surface area contributed by atoms with Crippen molar-refractivity contribution >= 4 is 24.2 Å². The molecule has 3 heterocycles. The average Bonchev–Trinajstić information content (AvgIpc) is 3.22. The molecule has 1 aliphatic heterocycles. The monoisotopic (exact) mass is 360 g/mol. The fourth-order valence-corrected chi connectivity index (χ4v) is 3.23. The van der Waals surface area contributed by atoms with Gasteiger partial charge in [0.25, 0.3) is 0 Å². The Hall–Kier alpha value is -1.16. The molecular formula is C13H21ClN6O2S. The van der Waals surface area contributed by atoms with Crippen molar-refractivity contribution in [2.45, 2.75) is 49.9 Å². The number of nitrogens with zero attached hydrogens (tertiary/aromatic N) is 5. The standard InChI is InChI=1S/C13H20N6O2S.ClH/c1-9-15-11(18-21-9)8-22-13-17-16-12(6-14-2)19(13)7-10-4-3-5-20-10;/h10,14H,3-8H2,1-2H3;1H. The number of rotatable bonds is 7. The molecule has 128 valence electrons. The normalized spacial score (nSPS) is 17.4. The molecule has 8 nitrogen and oxygen atoms in total. The molecule has 1 unspecified atom stereocenters. The van der Waals surface area contributed by atoms with Gasteiger partial charge in [0.1, 0.15) is 5.82 Å². The van der Waals surface area contributed by atoms with Crippen LogP contribution in [0, 0.1) is 6.92 Å². The lowest BCUT2D eigenvalue weighted by Gasteiger charge is -2.14. The summed E-state index contributed by atoms with van der Waals surface area (Å²) >= 11 is 1.56. The van der Waals surface area contributed by atoms with Crippen LogP contribution in [0.1, 0.15) is 30.4 Å². The molecule has 1 atom stereocenters. The average molecular weight is 361 g/mol. The van der Waals surface area contributed by atoms with Gasteiger partial charge in [0, 0.05) is 13.5 Å². The van der Waals surface area contributed by atoms with Crippen molar-refractivity contribution in [2.24, 2.45) is 0 Å². The number of ether oxygens (including phenoxy) is 1. The third-order valence-corrected chi connectivity index (χ3v) is 4.40. The summed E-state index contributed by atoms with van der Waals surface area (Å²) in [5.74, 6) is 2.78. The molecule has 0 spiro atoms. The zero-order valence-corrected chi connectivity index (χ0v) is 14.8. The van der Waals surface area contributed by atoms with Gasteiger partial charge in [-0.15, -0.1) is 22.6 Å². The molecule has 0 aromatic carbocycles. The van der Waals surface area contributed by atoms with E-state index in [1.165, 1.54) is 0 Å². The number of hydrogen-bond acceptors (Lipinski definition) is 8. The van der Waals surface area contributed by atoms with E-state index in [1.807, 2.05) is 7.05 Å². The van der Waals surface area contributed by atoms with Crippen molar-refractivity contribution < 1.29 is 9.26 Å². The second kappa shape index (κ2) is 8.62. The maximum absolute atomic E-state index is 5.73. The molecule has 23 heavy (non-hydrogen) atoms. The lowest BCUT2D eigenvalue weighted by atomic mass is 10.2. The quantitative estimate of drug-likeness (QED) is 0.744. The summed E-state index contributed by atoms with van der Waals surface area (Å²) in [6.07, 6.45) is 2.46. The van der Waals surface area contributed by atoms with Crippen LogP contribution in [0.5, 0.6) is 0 Å². The van der Waals surface area contributed by atoms with Crippen molar-refractivity contribution in [1.29, 1.82) is 0 Å². The minimum atomic E-state index is 0. The van der Waals surface area contributed by atoms with E-state index in [-0.39, 0.29) is 18.5 Å². The van der Waals surface area contributed by atoms with Crippen LogP contribution in [0.15, 0.2) is 9.68 Å². The van der Waals surface area contributed by atoms with E-state index >= 15 is 0 Å². The first-order chi connectivity index (χ1) is 10.8. The molecule has 10 heteroatoms. The molecule has 2 aromatic heterocycles. The molecule has 0 bridgehead atoms. The van der Waals surface area contributed by atoms with Crippen molar-refractivity contribution in [2.75, 3.05) is 13.7 Å². The highest BCUT2D eigenvalue weighted by molar-refractivity contribution is 7.98. The van der Waals surface area contributed by atoms with E-state index in [2.05, 4.69) is 30.2 Å². The van der Waals surface area contributed by atoms with Gasteiger partial charge < -0.3 is 19.1 Å². The van der Waals surface area contributed by atoms with Crippen LogP contribution in [-0.2, 0) is 23.6 Å². The molecule has 0 saturated carbocycles. The zero-order valence-electron chi connectivity index (χ0n) is 13.2. The zero-order chi connectivity index (χ0) is 15.4. The van der Waals surface area contributed by atoms with Gasteiger partial charge in [-0.1, -0.05) is 16.9 Å². The SMILES string of the molecule is CNCc1nnc(SCc2noc(C)n2)n1CC1CCCO1.Cl. The van der Waals surface area contributed by atoms with Gasteiger partial charge in [0.05, 0.1) is 24.9 Å². The Balaban J connectivity index is 0.00000192. The number of hydrogen-bond donors (Lipinski definition) is 1. The van der Waals surface area contributed by atoms with E-state index < -0.39 is 0 Å². The van der Waals surface area contributed by atoms with Crippen molar-refractivity contribution in [3.05, 3.63) is 17.5 Å². The lowest BCUT2D eigenvalue weighted by molar-refractivity contribution is 0.0941. The van der Waals surface area contributed by atoms with E-state index in [0.29, 0.717) is 24.0 Å². The highest BCUT2D eigenvalue weighted by atomic mass is 35.5. The lowest BCUT2D eigenvalue weighted by Crippen LogP contribution is -2.20. The summed E-state index contributed by atoms with van der Waals surface area (Å²) in [4.78, 5) is 4.21. The summed E-state index contributed by atoms with van der Waals surface area (Å²) in [5, 5.41) is 16.5. The van der Waals surface area contributed by atoms with Crippen LogP contribution in [0.4, 0.5) is 0 Å². The first-order valence-corrected chi connectivity index (χ1v) is 8.35. The van der Waals surface area contributed by atoms with Crippen molar-refractivity contribution in [3.8, 4) is 0 Å². The van der Waals surface area contributed by atoms with Crippen LogP contribution in [0.25, 0.3) is 0 Å². The molecule has 0 amide bonds. The van der Waals surface area contributed by atoms with Gasteiger partial charge in [0.15, 0.2) is 11.0 Å². The molecule has 0 aliphatic carbocycles. The van der Waals surface area contributed by atoms with Crippen LogP contribution >= 0.6 is 24.2 Å². The van der Waals surface area contributed by atoms with Crippen molar-refractivity contribution in [1.82, 2.24) is 30.2 Å². The topological polar surface area (TPSA) is 90.9 Å². The number of halogens is 1. The molecule has 1 N–H and O–H groups in total. The van der Waals surface area contributed by atoms with E-state index in [0.717, 1.165) is 37.0 Å². The summed E-state index contributed by atoms with van der Waals surface area (Å²) in [6, 6.07) is 0. The van der Waals surface area contributed by atoms with Crippen LogP contribution in [0.2, 0.25) is 0 Å². The highest BCUT2D eigenvalue weighted by Crippen LogP contribution is 2.23. The smallest absolute Gasteiger partial charge is 0.223 e. The molecule has 2 aromatic rings. The largest absolute Gasteiger partial charge is 0.376 e. The fraction of sp³-hybridized carbons (Fsp3) is 0.692. The second-order valence-corrected chi connectivity index (χ2v) is 6.14. The number of aromatic nitrogens is 5. The van der Waals surface area contributed by atoms with Gasteiger partial charge in [-0.3, -0.25) is 0 Å². The van der Waals surface area contributed by atoms with Gasteiger partial charge in [-0.05, 0) is 19.9 Å². The van der Waals surface area contributed by atoms with Gasteiger partial charge >= 0.3 is 0 Å². The highest BCUT2D eigenvalue weighted by Gasteiger charge is 2.21. The van der Waals surface area contributed by atoms with Crippen LogP contribution < -0.4 is 5.32 Å². The predicted octanol–water partition coefficient (Wildman–Crippen LogP) is 1.58. The number of thioether (sulfide) groups is 1. The molecular weight excluding hydrogens is 340 g/mol. The third kappa shape index (κ3) is 4.66. The molecule has 0 radical (unpaired) electrons. The Labute approximate surface area is 145 Å². The second-order valence-electron chi connectivity index (χ2n) is 5.19. The van der Waals surface area contributed by atoms with E-state index in [9.17, 15) is 0 Å². The van der Waals surface area contributed by atoms with Crippen molar-refractivity contribution in [3.63, 3.8) is 0 Å². The predicted molar refractivity (Wildman–Crippen MR) is 87.6 cm³/mol. The maximum atomic E-state index is 5.73. The van der Waals surface area contributed by atoms with Gasteiger partial charge in [-0.25, -0.2) is 0 Å². The Morgan fingerprint density at radius 1 is 1.39 bits per heavy atom. The van der Waals surface area contributed by atoms with Crippen LogP contribution in [-0.4, -0.2) is 44.7 Å². The Bertz CT molecular complexity index is 613. The summed E-state index contributed by atoms with van der Waals surface area (Å²) < 4.78 is 12.9. The third-order valence-electron chi connectivity index (χ3n) is 3.44. The molecule has 1 saturated heterocycles. The molecule has 1 fully saturated rings. The molecule has 3 rings (SSSR count). The van der Waals surface area contributed by atoms with Gasteiger partial charge in [-0.2, -0.15) is 4.98 Å². The van der Waals surface area contributed by atoms with Gasteiger partial charge in [0.2, 0.25) is 5.89 Å². The summed E-state index contributed by atoms with van der Waals surface area (Å²) in [6.45, 7) is 4.10. The number of nitrogens with one attached hydrogen (secondary N) is 1.